The second-order valence-electron chi connectivity index (χ2n) is 3.44. The normalized spacial score (nSPS) is 11.9. The largest absolute Gasteiger partial charge is 0.480 e. The second-order valence-corrected chi connectivity index (χ2v) is 4.36. The zero-order valence-corrected chi connectivity index (χ0v) is 10.6. The lowest BCUT2D eigenvalue weighted by atomic mass is 10.3. The average molecular weight is 303 g/mol. The van der Waals surface area contributed by atoms with Gasteiger partial charge in [-0.3, -0.25) is 14.4 Å². The molecule has 0 fully saturated rings. The molecule has 1 rings (SSSR count). The number of hydrogen-bond acceptors (Lipinski definition) is 3. The molecule has 0 aromatic carbocycles. The molecule has 1 aromatic rings. The van der Waals surface area contributed by atoms with Crippen LogP contribution in [0.4, 0.5) is 0 Å². The Balaban J connectivity index is 2.71. The van der Waals surface area contributed by atoms with Crippen LogP contribution in [-0.2, 0) is 16.1 Å². The maximum atomic E-state index is 11.4. The molecule has 6 nitrogen and oxygen atoms in total. The molecule has 0 radical (unpaired) electrons. The van der Waals surface area contributed by atoms with Crippen molar-refractivity contribution < 1.29 is 14.7 Å². The van der Waals surface area contributed by atoms with Crippen LogP contribution in [0.25, 0.3) is 0 Å². The van der Waals surface area contributed by atoms with Gasteiger partial charge in [0.15, 0.2) is 0 Å². The first-order chi connectivity index (χ1) is 7.90. The van der Waals surface area contributed by atoms with Gasteiger partial charge < -0.3 is 15.0 Å². The summed E-state index contributed by atoms with van der Waals surface area (Å²) in [6.07, 6.45) is 1.47. The molecule has 2 N–H and O–H groups in total. The van der Waals surface area contributed by atoms with Crippen LogP contribution in [0, 0.1) is 0 Å². The summed E-state index contributed by atoms with van der Waals surface area (Å²) >= 11 is 3.17. The van der Waals surface area contributed by atoms with Crippen LogP contribution in [0.2, 0.25) is 0 Å². The Bertz CT molecular complexity index is 497. The maximum absolute atomic E-state index is 11.4. The van der Waals surface area contributed by atoms with E-state index in [1.807, 2.05) is 0 Å². The van der Waals surface area contributed by atoms with Crippen molar-refractivity contribution in [1.82, 2.24) is 9.88 Å². The number of carboxylic acid groups (broad SMARTS) is 1. The molecular formula is C10H11BrN2O4. The van der Waals surface area contributed by atoms with Crippen molar-refractivity contribution >= 4 is 27.8 Å². The number of aliphatic carboxylic acids is 1. The number of rotatable bonds is 4. The Morgan fingerprint density at radius 1 is 1.53 bits per heavy atom. The highest BCUT2D eigenvalue weighted by Crippen LogP contribution is 2.04. The number of amides is 1. The van der Waals surface area contributed by atoms with Gasteiger partial charge in [-0.25, -0.2) is 0 Å². The lowest BCUT2D eigenvalue weighted by molar-refractivity contribution is -0.141. The van der Waals surface area contributed by atoms with E-state index in [9.17, 15) is 14.4 Å². The number of aromatic nitrogens is 1. The van der Waals surface area contributed by atoms with Crippen molar-refractivity contribution in [3.8, 4) is 0 Å². The summed E-state index contributed by atoms with van der Waals surface area (Å²) in [5.41, 5.74) is -0.327. The first-order valence-corrected chi connectivity index (χ1v) is 5.57. The standard InChI is InChI=1S/C10H11BrN2O4/c1-6(10(16)17)12-8(14)5-13-4-7(11)2-3-9(13)15/h2-4,6H,5H2,1H3,(H,12,14)(H,16,17)/t6-/m1/s1. The summed E-state index contributed by atoms with van der Waals surface area (Å²) in [7, 11) is 0. The van der Waals surface area contributed by atoms with Gasteiger partial charge in [-0.1, -0.05) is 0 Å². The number of nitrogens with zero attached hydrogens (tertiary/aromatic N) is 1. The van der Waals surface area contributed by atoms with Crippen molar-refractivity contribution in [1.29, 1.82) is 0 Å². The van der Waals surface area contributed by atoms with E-state index in [1.54, 1.807) is 6.07 Å². The first-order valence-electron chi connectivity index (χ1n) is 4.78. The van der Waals surface area contributed by atoms with Gasteiger partial charge in [0.25, 0.3) is 5.56 Å². The minimum Gasteiger partial charge on any atom is -0.480 e. The fourth-order valence-electron chi connectivity index (χ4n) is 1.13. The number of nitrogens with one attached hydrogen (secondary N) is 1. The summed E-state index contributed by atoms with van der Waals surface area (Å²) in [6, 6.07) is 1.90. The number of carboxylic acids is 1. The van der Waals surface area contributed by atoms with Crippen LogP contribution in [0.3, 0.4) is 0 Å². The monoisotopic (exact) mass is 302 g/mol. The number of carbonyl (C=O) groups is 2. The van der Waals surface area contributed by atoms with Gasteiger partial charge in [-0.2, -0.15) is 0 Å². The van der Waals surface area contributed by atoms with Gasteiger partial charge in [-0.15, -0.1) is 0 Å². The van der Waals surface area contributed by atoms with E-state index in [0.29, 0.717) is 4.47 Å². The third kappa shape index (κ3) is 4.03. The number of hydrogen-bond donors (Lipinski definition) is 2. The predicted octanol–water partition coefficient (Wildman–Crippen LogP) is 0.200. The van der Waals surface area contributed by atoms with Crippen LogP contribution in [-0.4, -0.2) is 27.6 Å². The van der Waals surface area contributed by atoms with Gasteiger partial charge in [0, 0.05) is 16.7 Å². The van der Waals surface area contributed by atoms with Crippen LogP contribution in [0.15, 0.2) is 27.6 Å². The van der Waals surface area contributed by atoms with Gasteiger partial charge >= 0.3 is 5.97 Å². The van der Waals surface area contributed by atoms with Gasteiger partial charge in [0.2, 0.25) is 5.91 Å². The molecule has 0 aliphatic heterocycles. The molecule has 92 valence electrons. The molecule has 0 aliphatic carbocycles. The zero-order valence-electron chi connectivity index (χ0n) is 9.01. The predicted molar refractivity (Wildman–Crippen MR) is 63.6 cm³/mol. The van der Waals surface area contributed by atoms with E-state index < -0.39 is 17.9 Å². The van der Waals surface area contributed by atoms with Crippen molar-refractivity contribution in [2.75, 3.05) is 0 Å². The highest BCUT2D eigenvalue weighted by molar-refractivity contribution is 9.10. The first kappa shape index (κ1) is 13.4. The molecule has 1 atom stereocenters. The quantitative estimate of drug-likeness (QED) is 0.831. The van der Waals surface area contributed by atoms with E-state index in [4.69, 9.17) is 5.11 Å². The van der Waals surface area contributed by atoms with Crippen LogP contribution in [0.5, 0.6) is 0 Å². The molecule has 1 amide bonds. The molecule has 0 saturated heterocycles. The molecule has 1 aromatic heterocycles. The highest BCUT2D eigenvalue weighted by Gasteiger charge is 2.14. The number of halogens is 1. The van der Waals surface area contributed by atoms with Crippen molar-refractivity contribution in [2.45, 2.75) is 19.5 Å². The van der Waals surface area contributed by atoms with Crippen LogP contribution in [0.1, 0.15) is 6.92 Å². The fraction of sp³-hybridized carbons (Fsp3) is 0.300. The topological polar surface area (TPSA) is 88.4 Å². The minimum atomic E-state index is -1.13. The number of pyridine rings is 1. The van der Waals surface area contributed by atoms with Crippen LogP contribution < -0.4 is 10.9 Å². The summed E-state index contributed by atoms with van der Waals surface area (Å²) in [6.45, 7) is 1.14. The molecular weight excluding hydrogens is 292 g/mol. The fourth-order valence-corrected chi connectivity index (χ4v) is 1.51. The van der Waals surface area contributed by atoms with Gasteiger partial charge in [-0.05, 0) is 28.9 Å². The van der Waals surface area contributed by atoms with Gasteiger partial charge in [0.1, 0.15) is 12.6 Å². The molecule has 0 spiro atoms. The van der Waals surface area contributed by atoms with Crippen LogP contribution >= 0.6 is 15.9 Å². The lowest BCUT2D eigenvalue weighted by Crippen LogP contribution is -2.41. The van der Waals surface area contributed by atoms with E-state index in [0.717, 1.165) is 0 Å². The highest BCUT2D eigenvalue weighted by atomic mass is 79.9. The summed E-state index contributed by atoms with van der Waals surface area (Å²) in [4.78, 5) is 33.3. The summed E-state index contributed by atoms with van der Waals surface area (Å²) in [5, 5.41) is 10.9. The minimum absolute atomic E-state index is 0.212. The molecule has 1 heterocycles. The zero-order chi connectivity index (χ0) is 13.0. The molecule has 0 unspecified atom stereocenters. The third-order valence-corrected chi connectivity index (χ3v) is 2.48. The Kier molecular flexibility index (Phi) is 4.45. The Morgan fingerprint density at radius 2 is 2.18 bits per heavy atom. The van der Waals surface area contributed by atoms with Gasteiger partial charge in [0.05, 0.1) is 0 Å². The molecule has 17 heavy (non-hydrogen) atoms. The van der Waals surface area contributed by atoms with E-state index in [-0.39, 0.29) is 12.1 Å². The van der Waals surface area contributed by atoms with Crippen molar-refractivity contribution in [3.63, 3.8) is 0 Å². The van der Waals surface area contributed by atoms with E-state index in [1.165, 1.54) is 23.8 Å². The second kappa shape index (κ2) is 5.62. The lowest BCUT2D eigenvalue weighted by Gasteiger charge is -2.10. The SMILES string of the molecule is C[C@@H](NC(=O)Cn1cc(Br)ccc1=O)C(=O)O. The average Bonchev–Trinajstić information content (AvgIpc) is 2.23. The smallest absolute Gasteiger partial charge is 0.325 e. The summed E-state index contributed by atoms with van der Waals surface area (Å²) < 4.78 is 1.85. The Hall–Kier alpha value is -1.63. The molecule has 0 bridgehead atoms. The molecule has 7 heteroatoms. The maximum Gasteiger partial charge on any atom is 0.325 e. The summed E-state index contributed by atoms with van der Waals surface area (Å²) in [5.74, 6) is -1.65. The number of carbonyl (C=O) groups excluding carboxylic acids is 1. The van der Waals surface area contributed by atoms with Crippen molar-refractivity contribution in [3.05, 3.63) is 33.2 Å². The van der Waals surface area contributed by atoms with E-state index in [2.05, 4.69) is 21.2 Å². The Labute approximate surface area is 105 Å². The molecule has 0 saturated carbocycles. The molecule has 0 aliphatic rings. The van der Waals surface area contributed by atoms with E-state index >= 15 is 0 Å². The third-order valence-electron chi connectivity index (χ3n) is 2.01. The Morgan fingerprint density at radius 3 is 2.76 bits per heavy atom. The van der Waals surface area contributed by atoms with Crippen molar-refractivity contribution in [2.24, 2.45) is 0 Å².